The van der Waals surface area contributed by atoms with Crippen molar-refractivity contribution in [3.05, 3.63) is 36.4 Å². The van der Waals surface area contributed by atoms with Crippen molar-refractivity contribution in [3.8, 4) is 5.75 Å². The number of nitrogens with one attached hydrogen (secondary N) is 1. The molecule has 0 unspecified atom stereocenters. The maximum Gasteiger partial charge on any atom is 0.310 e. The van der Waals surface area contributed by atoms with E-state index < -0.39 is 6.10 Å². The highest BCUT2D eigenvalue weighted by molar-refractivity contribution is 5.95. The molecule has 2 rings (SSSR count). The lowest BCUT2D eigenvalue weighted by molar-refractivity contribution is -0.157. The van der Waals surface area contributed by atoms with E-state index in [9.17, 15) is 9.59 Å². The van der Waals surface area contributed by atoms with Gasteiger partial charge < -0.3 is 14.8 Å². The normalized spacial score (nSPS) is 18.4. The van der Waals surface area contributed by atoms with E-state index in [1.54, 1.807) is 38.3 Å². The second-order valence-electron chi connectivity index (χ2n) is 5.28. The molecule has 22 heavy (non-hydrogen) atoms. The van der Waals surface area contributed by atoms with Crippen LogP contribution >= 0.6 is 0 Å². The molecule has 1 N–H and O–H groups in total. The van der Waals surface area contributed by atoms with Crippen LogP contribution in [0, 0.1) is 5.92 Å². The van der Waals surface area contributed by atoms with Crippen LogP contribution in [0.2, 0.25) is 0 Å². The Morgan fingerprint density at radius 3 is 2.82 bits per heavy atom. The largest absolute Gasteiger partial charge is 0.497 e. The standard InChI is InChI=1S/C17H21NO4/c1-12(22-17(20)13-7-4-3-5-8-13)16(19)18-14-9-6-10-15(11-14)21-2/h3-4,6,9-13H,5,7-8H2,1-2H3,(H,18,19)/t12-,13-/m0/s1. The Balaban J connectivity index is 1.88. The van der Waals surface area contributed by atoms with E-state index in [4.69, 9.17) is 9.47 Å². The number of methoxy groups -OCH3 is 1. The van der Waals surface area contributed by atoms with E-state index in [2.05, 4.69) is 11.4 Å². The van der Waals surface area contributed by atoms with Crippen LogP contribution in [0.25, 0.3) is 0 Å². The first kappa shape index (κ1) is 16.1. The molecule has 1 aliphatic rings. The lowest BCUT2D eigenvalue weighted by Crippen LogP contribution is -2.32. The third-order valence-electron chi connectivity index (χ3n) is 3.60. The number of benzene rings is 1. The second kappa shape index (κ2) is 7.64. The summed E-state index contributed by atoms with van der Waals surface area (Å²) in [7, 11) is 1.56. The number of ether oxygens (including phenoxy) is 2. The number of carbonyl (C=O) groups is 2. The van der Waals surface area contributed by atoms with Crippen molar-refractivity contribution in [3.63, 3.8) is 0 Å². The monoisotopic (exact) mass is 303 g/mol. The average Bonchev–Trinajstić information content (AvgIpc) is 2.55. The van der Waals surface area contributed by atoms with Crippen LogP contribution in [0.5, 0.6) is 5.75 Å². The van der Waals surface area contributed by atoms with Gasteiger partial charge in [-0.15, -0.1) is 0 Å². The van der Waals surface area contributed by atoms with E-state index in [1.165, 1.54) is 0 Å². The lowest BCUT2D eigenvalue weighted by Gasteiger charge is -2.19. The first-order chi connectivity index (χ1) is 10.6. The predicted molar refractivity (Wildman–Crippen MR) is 83.7 cm³/mol. The van der Waals surface area contributed by atoms with E-state index >= 15 is 0 Å². The second-order valence-corrected chi connectivity index (χ2v) is 5.28. The molecule has 1 amide bonds. The lowest BCUT2D eigenvalue weighted by atomic mass is 9.95. The molecule has 1 aromatic carbocycles. The number of esters is 1. The molecule has 5 heteroatoms. The minimum absolute atomic E-state index is 0.142. The minimum Gasteiger partial charge on any atom is -0.497 e. The van der Waals surface area contributed by atoms with Crippen LogP contribution in [-0.2, 0) is 14.3 Å². The number of carbonyl (C=O) groups excluding carboxylic acids is 2. The highest BCUT2D eigenvalue weighted by atomic mass is 16.5. The van der Waals surface area contributed by atoms with Gasteiger partial charge in [0, 0.05) is 11.8 Å². The fourth-order valence-electron chi connectivity index (χ4n) is 2.28. The molecule has 0 saturated heterocycles. The first-order valence-corrected chi connectivity index (χ1v) is 7.40. The summed E-state index contributed by atoms with van der Waals surface area (Å²) < 4.78 is 10.4. The summed E-state index contributed by atoms with van der Waals surface area (Å²) in [5.41, 5.74) is 0.604. The van der Waals surface area contributed by atoms with Gasteiger partial charge in [0.2, 0.25) is 0 Å². The van der Waals surface area contributed by atoms with Crippen molar-refractivity contribution in [2.24, 2.45) is 5.92 Å². The summed E-state index contributed by atoms with van der Waals surface area (Å²) in [5, 5.41) is 2.71. The fourth-order valence-corrected chi connectivity index (χ4v) is 2.28. The van der Waals surface area contributed by atoms with Crippen LogP contribution in [0.15, 0.2) is 36.4 Å². The highest BCUT2D eigenvalue weighted by Crippen LogP contribution is 2.21. The third-order valence-corrected chi connectivity index (χ3v) is 3.60. The van der Waals surface area contributed by atoms with Crippen LogP contribution in [-0.4, -0.2) is 25.1 Å². The maximum atomic E-state index is 12.1. The van der Waals surface area contributed by atoms with E-state index in [0.29, 0.717) is 17.9 Å². The molecule has 0 radical (unpaired) electrons. The summed E-state index contributed by atoms with van der Waals surface area (Å²) in [4.78, 5) is 24.1. The van der Waals surface area contributed by atoms with Crippen molar-refractivity contribution < 1.29 is 19.1 Å². The van der Waals surface area contributed by atoms with Gasteiger partial charge in [0.15, 0.2) is 6.10 Å². The van der Waals surface area contributed by atoms with Crippen LogP contribution in [0.1, 0.15) is 26.2 Å². The van der Waals surface area contributed by atoms with Crippen LogP contribution < -0.4 is 10.1 Å². The molecule has 2 atom stereocenters. The predicted octanol–water partition coefficient (Wildman–Crippen LogP) is 2.92. The number of anilines is 1. The highest BCUT2D eigenvalue weighted by Gasteiger charge is 2.25. The van der Waals surface area contributed by atoms with Gasteiger partial charge in [-0.2, -0.15) is 0 Å². The Kier molecular flexibility index (Phi) is 5.58. The molecule has 1 aromatic rings. The fraction of sp³-hybridized carbons (Fsp3) is 0.412. The molecular formula is C17H21NO4. The van der Waals surface area contributed by atoms with Gasteiger partial charge in [-0.3, -0.25) is 9.59 Å². The van der Waals surface area contributed by atoms with E-state index in [-0.39, 0.29) is 17.8 Å². The van der Waals surface area contributed by atoms with Gasteiger partial charge in [-0.25, -0.2) is 0 Å². The number of amides is 1. The van der Waals surface area contributed by atoms with Crippen molar-refractivity contribution in [2.45, 2.75) is 32.3 Å². The SMILES string of the molecule is COc1cccc(NC(=O)[C@H](C)OC(=O)[C@H]2CC=CCC2)c1. The van der Waals surface area contributed by atoms with E-state index in [1.807, 2.05) is 6.08 Å². The van der Waals surface area contributed by atoms with Gasteiger partial charge in [0.05, 0.1) is 13.0 Å². The number of allylic oxidation sites excluding steroid dienone is 2. The van der Waals surface area contributed by atoms with Gasteiger partial charge >= 0.3 is 5.97 Å². The molecule has 0 spiro atoms. The van der Waals surface area contributed by atoms with Gasteiger partial charge in [-0.05, 0) is 38.3 Å². The molecule has 0 saturated carbocycles. The average molecular weight is 303 g/mol. The smallest absolute Gasteiger partial charge is 0.310 e. The van der Waals surface area contributed by atoms with Gasteiger partial charge in [0.1, 0.15) is 5.75 Å². The molecule has 5 nitrogen and oxygen atoms in total. The first-order valence-electron chi connectivity index (χ1n) is 7.40. The number of hydrogen-bond acceptors (Lipinski definition) is 4. The molecule has 118 valence electrons. The molecule has 0 heterocycles. The Hall–Kier alpha value is -2.30. The molecule has 0 bridgehead atoms. The Bertz CT molecular complexity index is 568. The summed E-state index contributed by atoms with van der Waals surface area (Å²) in [6, 6.07) is 7.02. The quantitative estimate of drug-likeness (QED) is 0.671. The molecular weight excluding hydrogens is 282 g/mol. The number of rotatable bonds is 5. The van der Waals surface area contributed by atoms with Crippen LogP contribution in [0.4, 0.5) is 5.69 Å². The summed E-state index contributed by atoms with van der Waals surface area (Å²) in [6.45, 7) is 1.58. The topological polar surface area (TPSA) is 64.6 Å². The van der Waals surface area contributed by atoms with Gasteiger partial charge in [0.25, 0.3) is 5.91 Å². The van der Waals surface area contributed by atoms with Crippen molar-refractivity contribution >= 4 is 17.6 Å². The maximum absolute atomic E-state index is 12.1. The van der Waals surface area contributed by atoms with Crippen molar-refractivity contribution in [1.82, 2.24) is 0 Å². The summed E-state index contributed by atoms with van der Waals surface area (Å²) >= 11 is 0. The molecule has 0 aliphatic heterocycles. The van der Waals surface area contributed by atoms with Crippen LogP contribution in [0.3, 0.4) is 0 Å². The number of hydrogen-bond donors (Lipinski definition) is 1. The van der Waals surface area contributed by atoms with Gasteiger partial charge in [-0.1, -0.05) is 18.2 Å². The van der Waals surface area contributed by atoms with E-state index in [0.717, 1.165) is 12.8 Å². The van der Waals surface area contributed by atoms with Crippen molar-refractivity contribution in [1.29, 1.82) is 0 Å². The van der Waals surface area contributed by atoms with Crippen molar-refractivity contribution in [2.75, 3.05) is 12.4 Å². The molecule has 0 aromatic heterocycles. The zero-order valence-electron chi connectivity index (χ0n) is 12.9. The Morgan fingerprint density at radius 2 is 2.14 bits per heavy atom. The molecule has 0 fully saturated rings. The Morgan fingerprint density at radius 1 is 1.32 bits per heavy atom. The zero-order chi connectivity index (χ0) is 15.9. The zero-order valence-corrected chi connectivity index (χ0v) is 12.9. The third kappa shape index (κ3) is 4.35. The summed E-state index contributed by atoms with van der Waals surface area (Å²) in [6.07, 6.45) is 5.55. The summed E-state index contributed by atoms with van der Waals surface area (Å²) in [5.74, 6) is -0.154. The Labute approximate surface area is 130 Å². The molecule has 1 aliphatic carbocycles. The minimum atomic E-state index is -0.829.